The van der Waals surface area contributed by atoms with Crippen molar-refractivity contribution in [1.82, 2.24) is 15.7 Å². The summed E-state index contributed by atoms with van der Waals surface area (Å²) in [7, 11) is 2.05. The first-order valence-corrected chi connectivity index (χ1v) is 9.12. The number of hydrogen-bond acceptors (Lipinski definition) is 4. The number of benzene rings is 1. The van der Waals surface area contributed by atoms with Gasteiger partial charge in [-0.3, -0.25) is 14.9 Å². The molecule has 3 fully saturated rings. The van der Waals surface area contributed by atoms with E-state index >= 15 is 0 Å². The first-order valence-electron chi connectivity index (χ1n) is 9.12. The molecule has 1 atom stereocenters. The van der Waals surface area contributed by atoms with Crippen LogP contribution in [0.4, 0.5) is 4.39 Å². The van der Waals surface area contributed by atoms with Gasteiger partial charge in [-0.2, -0.15) is 0 Å². The first kappa shape index (κ1) is 16.9. The van der Waals surface area contributed by atoms with E-state index in [9.17, 15) is 9.18 Å². The molecule has 2 bridgehead atoms. The van der Waals surface area contributed by atoms with Crippen LogP contribution in [0.2, 0.25) is 0 Å². The monoisotopic (exact) mass is 347 g/mol. The molecule has 0 spiro atoms. The van der Waals surface area contributed by atoms with Crippen LogP contribution in [0.15, 0.2) is 12.1 Å². The van der Waals surface area contributed by atoms with Gasteiger partial charge in [0.25, 0.3) is 5.91 Å². The van der Waals surface area contributed by atoms with Gasteiger partial charge in [0, 0.05) is 30.2 Å². The second-order valence-electron chi connectivity index (χ2n) is 8.27. The minimum Gasteiger partial charge on any atom is -0.314 e. The minimum absolute atomic E-state index is 0.174. The number of rotatable bonds is 5. The van der Waals surface area contributed by atoms with Crippen LogP contribution in [0.25, 0.3) is 0 Å². The number of amides is 1. The van der Waals surface area contributed by atoms with Gasteiger partial charge in [-0.1, -0.05) is 6.92 Å². The maximum Gasteiger partial charge on any atom is 0.274 e. The van der Waals surface area contributed by atoms with Gasteiger partial charge < -0.3 is 5.32 Å². The van der Waals surface area contributed by atoms with Crippen molar-refractivity contribution in [2.45, 2.75) is 57.2 Å². The summed E-state index contributed by atoms with van der Waals surface area (Å²) in [6.45, 7) is 3.88. The summed E-state index contributed by atoms with van der Waals surface area (Å²) in [4.78, 5) is 14.1. The summed E-state index contributed by atoms with van der Waals surface area (Å²) in [6.07, 6.45) is 5.38. The van der Waals surface area contributed by atoms with E-state index in [1.165, 1.54) is 25.3 Å². The number of hydroxylamine groups is 1. The second kappa shape index (κ2) is 5.76. The normalized spacial score (nSPS) is 33.2. The first-order chi connectivity index (χ1) is 11.9. The fourth-order valence-electron chi connectivity index (χ4n) is 5.42. The number of carbonyl (C=O) groups is 1. The lowest BCUT2D eigenvalue weighted by Crippen LogP contribution is -2.75. The summed E-state index contributed by atoms with van der Waals surface area (Å²) in [5.74, 6) is -1.00. The summed E-state index contributed by atoms with van der Waals surface area (Å²) >= 11 is 0. The average Bonchev–Trinajstić information content (AvgIpc) is 2.55. The van der Waals surface area contributed by atoms with Crippen molar-refractivity contribution >= 4 is 5.91 Å². The Labute approximate surface area is 147 Å². The number of nitrogens with one attached hydrogen (secondary N) is 2. The molecule has 6 heteroatoms. The van der Waals surface area contributed by atoms with Crippen molar-refractivity contribution in [3.63, 3.8) is 0 Å². The summed E-state index contributed by atoms with van der Waals surface area (Å²) in [5.41, 5.74) is 4.17. The van der Waals surface area contributed by atoms with Crippen LogP contribution in [0.1, 0.15) is 54.1 Å². The van der Waals surface area contributed by atoms with Crippen molar-refractivity contribution in [2.24, 2.45) is 5.41 Å². The summed E-state index contributed by atoms with van der Waals surface area (Å²) < 4.78 is 14.5. The predicted molar refractivity (Wildman–Crippen MR) is 91.9 cm³/mol. The van der Waals surface area contributed by atoms with Crippen LogP contribution in [0, 0.1) is 11.2 Å². The van der Waals surface area contributed by atoms with Crippen molar-refractivity contribution in [2.75, 3.05) is 13.6 Å². The smallest absolute Gasteiger partial charge is 0.274 e. The Morgan fingerprint density at radius 2 is 2.12 bits per heavy atom. The Balaban J connectivity index is 1.56. The van der Waals surface area contributed by atoms with Gasteiger partial charge in [0.2, 0.25) is 0 Å². The highest BCUT2D eigenvalue weighted by Gasteiger charge is 2.67. The SMILES string of the molecule is CC[C@H]1Cc2c(F)cc(C(=O)NO)cc2CN1CC12CC(NC)(C1)C2. The molecule has 3 N–H and O–H groups in total. The van der Waals surface area contributed by atoms with Gasteiger partial charge in [-0.15, -0.1) is 0 Å². The zero-order chi connectivity index (χ0) is 17.8. The van der Waals surface area contributed by atoms with E-state index in [0.29, 0.717) is 30.0 Å². The van der Waals surface area contributed by atoms with Crippen molar-refractivity contribution in [3.05, 3.63) is 34.6 Å². The Hall–Kier alpha value is -1.50. The largest absolute Gasteiger partial charge is 0.314 e. The lowest BCUT2D eigenvalue weighted by Gasteiger charge is -2.72. The highest BCUT2D eigenvalue weighted by molar-refractivity contribution is 5.93. The maximum atomic E-state index is 14.5. The third kappa shape index (κ3) is 2.58. The lowest BCUT2D eigenvalue weighted by molar-refractivity contribution is -0.169. The van der Waals surface area contributed by atoms with Crippen LogP contribution in [0.5, 0.6) is 0 Å². The van der Waals surface area contributed by atoms with E-state index in [1.807, 2.05) is 7.05 Å². The van der Waals surface area contributed by atoms with Crippen LogP contribution in [-0.4, -0.2) is 41.2 Å². The molecule has 4 aliphatic rings. The van der Waals surface area contributed by atoms with Gasteiger partial charge in [-0.05, 0) is 67.8 Å². The molecule has 0 radical (unpaired) electrons. The van der Waals surface area contributed by atoms with Crippen LogP contribution < -0.4 is 10.8 Å². The van der Waals surface area contributed by atoms with E-state index in [2.05, 4.69) is 17.1 Å². The molecule has 3 saturated carbocycles. The Morgan fingerprint density at radius 1 is 1.40 bits per heavy atom. The van der Waals surface area contributed by atoms with Crippen molar-refractivity contribution in [1.29, 1.82) is 0 Å². The molecule has 1 aliphatic heterocycles. The third-order valence-electron chi connectivity index (χ3n) is 6.66. The van der Waals surface area contributed by atoms with E-state index in [-0.39, 0.29) is 11.4 Å². The molecule has 5 rings (SSSR count). The van der Waals surface area contributed by atoms with Crippen molar-refractivity contribution in [3.8, 4) is 0 Å². The number of halogens is 1. The van der Waals surface area contributed by atoms with E-state index in [1.54, 1.807) is 11.5 Å². The highest BCUT2D eigenvalue weighted by Crippen LogP contribution is 2.67. The molecule has 25 heavy (non-hydrogen) atoms. The predicted octanol–water partition coefficient (Wildman–Crippen LogP) is 2.22. The number of carbonyl (C=O) groups excluding carboxylic acids is 1. The standard InChI is InChI=1S/C19H26FN3O2/c1-3-14-6-15-13(4-12(5-16(15)20)17(24)22-25)7-23(14)11-18-8-19(9-18,10-18)21-2/h4-5,14,21,25H,3,6-11H2,1-2H3,(H,22,24)/t14-,18?,19?/m0/s1. The molecule has 1 aromatic carbocycles. The van der Waals surface area contributed by atoms with Crippen LogP contribution in [0.3, 0.4) is 0 Å². The van der Waals surface area contributed by atoms with Crippen LogP contribution in [-0.2, 0) is 13.0 Å². The van der Waals surface area contributed by atoms with Gasteiger partial charge in [0.15, 0.2) is 0 Å². The number of hydrogen-bond donors (Lipinski definition) is 3. The Bertz CT molecular complexity index is 701. The van der Waals surface area contributed by atoms with E-state index < -0.39 is 5.91 Å². The quantitative estimate of drug-likeness (QED) is 0.565. The van der Waals surface area contributed by atoms with Gasteiger partial charge in [-0.25, -0.2) is 9.87 Å². The van der Waals surface area contributed by atoms with Gasteiger partial charge in [0.1, 0.15) is 5.82 Å². The zero-order valence-corrected chi connectivity index (χ0v) is 14.9. The zero-order valence-electron chi connectivity index (χ0n) is 14.9. The molecule has 1 heterocycles. The molecule has 0 unspecified atom stereocenters. The Kier molecular flexibility index (Phi) is 3.90. The molecule has 136 valence electrons. The lowest BCUT2D eigenvalue weighted by atomic mass is 9.39. The van der Waals surface area contributed by atoms with E-state index in [4.69, 9.17) is 5.21 Å². The molecule has 1 aromatic rings. The molecule has 5 nitrogen and oxygen atoms in total. The van der Waals surface area contributed by atoms with Crippen LogP contribution >= 0.6 is 0 Å². The van der Waals surface area contributed by atoms with E-state index in [0.717, 1.165) is 24.1 Å². The summed E-state index contributed by atoms with van der Waals surface area (Å²) in [5, 5.41) is 12.3. The molecule has 3 aliphatic carbocycles. The fourth-order valence-corrected chi connectivity index (χ4v) is 5.42. The van der Waals surface area contributed by atoms with Crippen molar-refractivity contribution < 1.29 is 14.4 Å². The third-order valence-corrected chi connectivity index (χ3v) is 6.66. The minimum atomic E-state index is -0.666. The highest BCUT2D eigenvalue weighted by atomic mass is 19.1. The second-order valence-corrected chi connectivity index (χ2v) is 8.27. The average molecular weight is 347 g/mol. The number of nitrogens with zero attached hydrogens (tertiary/aromatic N) is 1. The topological polar surface area (TPSA) is 64.6 Å². The van der Waals surface area contributed by atoms with Gasteiger partial charge in [0.05, 0.1) is 0 Å². The summed E-state index contributed by atoms with van der Waals surface area (Å²) in [6, 6.07) is 3.30. The van der Waals surface area contributed by atoms with Gasteiger partial charge >= 0.3 is 0 Å². The molecular weight excluding hydrogens is 321 g/mol. The molecule has 1 amide bonds. The molecule has 0 saturated heterocycles. The molecular formula is C19H26FN3O2. The molecule has 0 aromatic heterocycles. The fraction of sp³-hybridized carbons (Fsp3) is 0.632. The number of fused-ring (bicyclic) bond motifs is 1. The Morgan fingerprint density at radius 3 is 2.72 bits per heavy atom. The maximum absolute atomic E-state index is 14.5.